The summed E-state index contributed by atoms with van der Waals surface area (Å²) in [5.41, 5.74) is 3.82. The maximum absolute atomic E-state index is 5.38. The third-order valence-electron chi connectivity index (χ3n) is 2.44. The van der Waals surface area contributed by atoms with E-state index in [2.05, 4.69) is 23.6 Å². The zero-order valence-corrected chi connectivity index (χ0v) is 9.63. The molecule has 1 aliphatic rings. The molecule has 0 radical (unpaired) electrons. The number of aromatic nitrogens is 2. The Kier molecular flexibility index (Phi) is 4.14. The average molecular weight is 196 g/mol. The highest BCUT2D eigenvalue weighted by Crippen LogP contribution is 2.19. The molecule has 0 saturated heterocycles. The molecule has 0 atom stereocenters. The molecular formula is C11H20N2O. The Hall–Kier alpha value is -0.830. The van der Waals surface area contributed by atoms with Crippen LogP contribution in [0.25, 0.3) is 0 Å². The molecule has 0 aliphatic carbocycles. The van der Waals surface area contributed by atoms with Crippen LogP contribution in [0.4, 0.5) is 0 Å². The van der Waals surface area contributed by atoms with Crippen LogP contribution in [0.2, 0.25) is 0 Å². The molecule has 1 aromatic rings. The van der Waals surface area contributed by atoms with Crippen molar-refractivity contribution in [1.29, 1.82) is 0 Å². The van der Waals surface area contributed by atoms with Crippen LogP contribution in [0.3, 0.4) is 0 Å². The van der Waals surface area contributed by atoms with Gasteiger partial charge in [-0.2, -0.15) is 5.10 Å². The van der Waals surface area contributed by atoms with Gasteiger partial charge in [-0.1, -0.05) is 13.8 Å². The van der Waals surface area contributed by atoms with Gasteiger partial charge in [0.05, 0.1) is 18.9 Å². The van der Waals surface area contributed by atoms with Gasteiger partial charge in [-0.05, 0) is 13.8 Å². The monoisotopic (exact) mass is 196 g/mol. The van der Waals surface area contributed by atoms with Gasteiger partial charge in [-0.25, -0.2) is 0 Å². The van der Waals surface area contributed by atoms with Gasteiger partial charge in [0.2, 0.25) is 0 Å². The normalized spacial score (nSPS) is 14.3. The fourth-order valence-corrected chi connectivity index (χ4v) is 1.69. The van der Waals surface area contributed by atoms with Crippen LogP contribution >= 0.6 is 0 Å². The number of aryl methyl sites for hydroxylation is 1. The van der Waals surface area contributed by atoms with Crippen molar-refractivity contribution in [2.45, 2.75) is 47.3 Å². The molecule has 0 bridgehead atoms. The predicted molar refractivity (Wildman–Crippen MR) is 57.3 cm³/mol. The quantitative estimate of drug-likeness (QED) is 0.689. The van der Waals surface area contributed by atoms with E-state index in [0.717, 1.165) is 26.2 Å². The molecule has 80 valence electrons. The maximum Gasteiger partial charge on any atom is 0.0753 e. The Morgan fingerprint density at radius 2 is 2.14 bits per heavy atom. The standard InChI is InChI=1S/C9H14N2O.C2H6/c1-3-11-7(2)8-6-12-5-4-9(8)10-11;1-2/h3-6H2,1-2H3;1-2H3. The van der Waals surface area contributed by atoms with E-state index in [9.17, 15) is 0 Å². The molecule has 3 nitrogen and oxygen atoms in total. The molecule has 0 unspecified atom stereocenters. The molecule has 0 saturated carbocycles. The van der Waals surface area contributed by atoms with Crippen molar-refractivity contribution in [1.82, 2.24) is 9.78 Å². The summed E-state index contributed by atoms with van der Waals surface area (Å²) in [6.45, 7) is 10.8. The van der Waals surface area contributed by atoms with Crippen LogP contribution in [-0.4, -0.2) is 16.4 Å². The van der Waals surface area contributed by atoms with Crippen molar-refractivity contribution in [3.63, 3.8) is 0 Å². The van der Waals surface area contributed by atoms with E-state index >= 15 is 0 Å². The molecule has 2 rings (SSSR count). The first-order chi connectivity index (χ1) is 6.83. The van der Waals surface area contributed by atoms with Gasteiger partial charge in [0.25, 0.3) is 0 Å². The number of ether oxygens (including phenoxy) is 1. The lowest BCUT2D eigenvalue weighted by Gasteiger charge is -2.10. The van der Waals surface area contributed by atoms with Crippen molar-refractivity contribution in [2.75, 3.05) is 6.61 Å². The molecule has 0 fully saturated rings. The maximum atomic E-state index is 5.38. The zero-order chi connectivity index (χ0) is 10.6. The topological polar surface area (TPSA) is 27.1 Å². The SMILES string of the molecule is CC.CCn1nc2c(c1C)COCC2. The zero-order valence-electron chi connectivity index (χ0n) is 9.63. The third kappa shape index (κ3) is 1.98. The Labute approximate surface area is 86.1 Å². The summed E-state index contributed by atoms with van der Waals surface area (Å²) in [5, 5.41) is 4.51. The van der Waals surface area contributed by atoms with Gasteiger partial charge >= 0.3 is 0 Å². The summed E-state index contributed by atoms with van der Waals surface area (Å²) in [5.74, 6) is 0. The average Bonchev–Trinajstić information content (AvgIpc) is 2.59. The molecule has 14 heavy (non-hydrogen) atoms. The molecule has 1 aromatic heterocycles. The molecule has 0 N–H and O–H groups in total. The van der Waals surface area contributed by atoms with Gasteiger partial charge in [-0.3, -0.25) is 4.68 Å². The molecule has 0 aromatic carbocycles. The second kappa shape index (κ2) is 5.15. The third-order valence-corrected chi connectivity index (χ3v) is 2.44. The number of nitrogens with zero attached hydrogens (tertiary/aromatic N) is 2. The predicted octanol–water partition coefficient (Wildman–Crippen LogP) is 2.31. The highest BCUT2D eigenvalue weighted by atomic mass is 16.5. The fourth-order valence-electron chi connectivity index (χ4n) is 1.69. The van der Waals surface area contributed by atoms with Crippen molar-refractivity contribution < 1.29 is 4.74 Å². The lowest BCUT2D eigenvalue weighted by atomic mass is 10.1. The van der Waals surface area contributed by atoms with Crippen LogP contribution in [0.5, 0.6) is 0 Å². The molecular weight excluding hydrogens is 176 g/mol. The summed E-state index contributed by atoms with van der Waals surface area (Å²) in [6.07, 6.45) is 0.975. The first kappa shape index (κ1) is 11.2. The van der Waals surface area contributed by atoms with E-state index in [-0.39, 0.29) is 0 Å². The molecule has 1 aliphatic heterocycles. The second-order valence-corrected chi connectivity index (χ2v) is 3.13. The summed E-state index contributed by atoms with van der Waals surface area (Å²) in [4.78, 5) is 0. The minimum absolute atomic E-state index is 0.751. The van der Waals surface area contributed by atoms with Crippen LogP contribution in [0.15, 0.2) is 0 Å². The van der Waals surface area contributed by atoms with Gasteiger partial charge in [0.15, 0.2) is 0 Å². The van der Waals surface area contributed by atoms with E-state index in [0.29, 0.717) is 0 Å². The van der Waals surface area contributed by atoms with Gasteiger partial charge in [0.1, 0.15) is 0 Å². The molecule has 0 spiro atoms. The van der Waals surface area contributed by atoms with E-state index in [4.69, 9.17) is 4.74 Å². The van der Waals surface area contributed by atoms with E-state index < -0.39 is 0 Å². The van der Waals surface area contributed by atoms with Crippen LogP contribution < -0.4 is 0 Å². The first-order valence-corrected chi connectivity index (χ1v) is 5.46. The second-order valence-electron chi connectivity index (χ2n) is 3.13. The first-order valence-electron chi connectivity index (χ1n) is 5.46. The molecule has 2 heterocycles. The Bertz CT molecular complexity index is 292. The lowest BCUT2D eigenvalue weighted by Crippen LogP contribution is -2.08. The van der Waals surface area contributed by atoms with E-state index in [1.165, 1.54) is 17.0 Å². The number of hydrogen-bond donors (Lipinski definition) is 0. The van der Waals surface area contributed by atoms with Crippen LogP contribution in [0, 0.1) is 6.92 Å². The minimum Gasteiger partial charge on any atom is -0.376 e. The van der Waals surface area contributed by atoms with Gasteiger partial charge in [-0.15, -0.1) is 0 Å². The summed E-state index contributed by atoms with van der Waals surface area (Å²) in [7, 11) is 0. The summed E-state index contributed by atoms with van der Waals surface area (Å²) in [6, 6.07) is 0. The van der Waals surface area contributed by atoms with Crippen molar-refractivity contribution in [2.24, 2.45) is 0 Å². The van der Waals surface area contributed by atoms with E-state index in [1.54, 1.807) is 0 Å². The van der Waals surface area contributed by atoms with Crippen LogP contribution in [0.1, 0.15) is 37.7 Å². The van der Waals surface area contributed by atoms with Gasteiger partial charge in [0, 0.05) is 24.2 Å². The number of rotatable bonds is 1. The number of fused-ring (bicyclic) bond motifs is 1. The van der Waals surface area contributed by atoms with Crippen LogP contribution in [-0.2, 0) is 24.3 Å². The highest BCUT2D eigenvalue weighted by molar-refractivity contribution is 5.26. The van der Waals surface area contributed by atoms with Crippen molar-refractivity contribution in [3.8, 4) is 0 Å². The Morgan fingerprint density at radius 3 is 2.71 bits per heavy atom. The Morgan fingerprint density at radius 1 is 1.43 bits per heavy atom. The van der Waals surface area contributed by atoms with Gasteiger partial charge < -0.3 is 4.74 Å². The largest absolute Gasteiger partial charge is 0.376 e. The summed E-state index contributed by atoms with van der Waals surface area (Å²) < 4.78 is 7.44. The molecule has 0 amide bonds. The van der Waals surface area contributed by atoms with E-state index in [1.807, 2.05) is 13.8 Å². The highest BCUT2D eigenvalue weighted by Gasteiger charge is 2.17. The van der Waals surface area contributed by atoms with Crippen molar-refractivity contribution in [3.05, 3.63) is 17.0 Å². The number of hydrogen-bond acceptors (Lipinski definition) is 2. The summed E-state index contributed by atoms with van der Waals surface area (Å²) >= 11 is 0. The van der Waals surface area contributed by atoms with Crippen molar-refractivity contribution >= 4 is 0 Å². The smallest absolute Gasteiger partial charge is 0.0753 e. The molecule has 3 heteroatoms. The Balaban J connectivity index is 0.000000461. The minimum atomic E-state index is 0.751. The lowest BCUT2D eigenvalue weighted by molar-refractivity contribution is 0.110. The fraction of sp³-hybridized carbons (Fsp3) is 0.727.